The number of hydrogen-bond donors (Lipinski definition) is 1. The van der Waals surface area contributed by atoms with E-state index in [0.29, 0.717) is 51.7 Å². The summed E-state index contributed by atoms with van der Waals surface area (Å²) < 4.78 is 1.61. The van der Waals surface area contributed by atoms with Crippen LogP contribution in [0.3, 0.4) is 0 Å². The molecule has 1 aliphatic heterocycles. The third-order valence-corrected chi connectivity index (χ3v) is 8.00. The summed E-state index contributed by atoms with van der Waals surface area (Å²) in [5.74, 6) is -0.528. The number of hydrogen-bond acceptors (Lipinski definition) is 6. The van der Waals surface area contributed by atoms with Crippen molar-refractivity contribution in [3.05, 3.63) is 81.7 Å². The zero-order chi connectivity index (χ0) is 26.1. The van der Waals surface area contributed by atoms with Crippen molar-refractivity contribution >= 4 is 57.8 Å². The van der Waals surface area contributed by atoms with Crippen LogP contribution in [0.1, 0.15) is 38.6 Å². The Hall–Kier alpha value is -3.14. The second-order valence-electron chi connectivity index (χ2n) is 8.82. The van der Waals surface area contributed by atoms with Gasteiger partial charge in [-0.25, -0.2) is 0 Å². The summed E-state index contributed by atoms with van der Waals surface area (Å²) >= 11 is 14.1. The van der Waals surface area contributed by atoms with Crippen LogP contribution >= 0.6 is 35.0 Å². The van der Waals surface area contributed by atoms with Crippen molar-refractivity contribution in [1.82, 2.24) is 30.0 Å². The lowest BCUT2D eigenvalue weighted by Gasteiger charge is -2.39. The topological polar surface area (TPSA) is 93.0 Å². The van der Waals surface area contributed by atoms with Crippen molar-refractivity contribution in [2.75, 3.05) is 19.3 Å². The van der Waals surface area contributed by atoms with Crippen LogP contribution in [0.5, 0.6) is 0 Å². The van der Waals surface area contributed by atoms with E-state index >= 15 is 0 Å². The molecule has 0 bridgehead atoms. The Morgan fingerprint density at radius 2 is 1.86 bits per heavy atom. The first-order valence-corrected chi connectivity index (χ1v) is 13.7. The Labute approximate surface area is 228 Å². The highest BCUT2D eigenvalue weighted by molar-refractivity contribution is 7.98. The standard InChI is InChI=1S/C26H24Cl2N6O2S/c1-33-26(37-2)21(23(28)32-33)24(35)31-19-8-11-34(14-17(19)15-6-4-3-5-7-15)25(36)16-12-18(27)22-20(13-16)29-9-10-30-22/h3-7,9-10,12-13,17,19H,8,11,14H2,1-2H3,(H,31,35)/t17-,19-/m1/s1. The molecular formula is C26H24Cl2N6O2S. The van der Waals surface area contributed by atoms with Crippen molar-refractivity contribution in [2.45, 2.75) is 23.4 Å². The predicted molar refractivity (Wildman–Crippen MR) is 146 cm³/mol. The smallest absolute Gasteiger partial charge is 0.257 e. The van der Waals surface area contributed by atoms with E-state index in [1.165, 1.54) is 11.8 Å². The number of thioether (sulfide) groups is 1. The van der Waals surface area contributed by atoms with Crippen LogP contribution in [-0.4, -0.2) is 61.8 Å². The Balaban J connectivity index is 1.41. The third-order valence-electron chi connectivity index (χ3n) is 6.59. The molecule has 37 heavy (non-hydrogen) atoms. The van der Waals surface area contributed by atoms with Gasteiger partial charge in [0.05, 0.1) is 10.5 Å². The zero-order valence-electron chi connectivity index (χ0n) is 20.2. The van der Waals surface area contributed by atoms with Gasteiger partial charge in [0.25, 0.3) is 11.8 Å². The number of amides is 2. The van der Waals surface area contributed by atoms with Gasteiger partial charge in [-0.15, -0.1) is 11.8 Å². The molecule has 2 aromatic heterocycles. The highest BCUT2D eigenvalue weighted by atomic mass is 35.5. The Kier molecular flexibility index (Phi) is 7.37. The predicted octanol–water partition coefficient (Wildman–Crippen LogP) is 4.82. The van der Waals surface area contributed by atoms with Crippen LogP contribution in [0, 0.1) is 0 Å². The van der Waals surface area contributed by atoms with Gasteiger partial charge in [-0.2, -0.15) is 5.10 Å². The van der Waals surface area contributed by atoms with E-state index in [-0.39, 0.29) is 28.9 Å². The summed E-state index contributed by atoms with van der Waals surface area (Å²) in [6.07, 6.45) is 5.60. The Bertz CT molecular complexity index is 1480. The highest BCUT2D eigenvalue weighted by Crippen LogP contribution is 2.31. The quantitative estimate of drug-likeness (QED) is 0.355. The second kappa shape index (κ2) is 10.7. The molecule has 0 unspecified atom stereocenters. The molecule has 2 aromatic carbocycles. The van der Waals surface area contributed by atoms with Gasteiger partial charge in [-0.3, -0.25) is 24.2 Å². The Morgan fingerprint density at radius 1 is 1.11 bits per heavy atom. The molecule has 3 heterocycles. The molecule has 1 saturated heterocycles. The number of halogens is 2. The Morgan fingerprint density at radius 3 is 2.62 bits per heavy atom. The average molecular weight is 555 g/mol. The van der Waals surface area contributed by atoms with E-state index in [4.69, 9.17) is 23.2 Å². The largest absolute Gasteiger partial charge is 0.348 e. The van der Waals surface area contributed by atoms with Gasteiger partial charge in [-0.1, -0.05) is 53.5 Å². The minimum Gasteiger partial charge on any atom is -0.348 e. The van der Waals surface area contributed by atoms with Crippen LogP contribution in [0.4, 0.5) is 0 Å². The lowest BCUT2D eigenvalue weighted by Crippen LogP contribution is -2.51. The van der Waals surface area contributed by atoms with Crippen molar-refractivity contribution in [3.8, 4) is 0 Å². The van der Waals surface area contributed by atoms with E-state index in [1.54, 1.807) is 41.2 Å². The maximum absolute atomic E-state index is 13.6. The summed E-state index contributed by atoms with van der Waals surface area (Å²) in [5.41, 5.74) is 2.99. The maximum atomic E-state index is 13.6. The van der Waals surface area contributed by atoms with Gasteiger partial charge >= 0.3 is 0 Å². The van der Waals surface area contributed by atoms with E-state index in [2.05, 4.69) is 20.4 Å². The first kappa shape index (κ1) is 25.5. The van der Waals surface area contributed by atoms with Crippen molar-refractivity contribution in [3.63, 3.8) is 0 Å². The molecule has 11 heteroatoms. The average Bonchev–Trinajstić information content (AvgIpc) is 3.21. The monoisotopic (exact) mass is 554 g/mol. The molecule has 190 valence electrons. The molecule has 8 nitrogen and oxygen atoms in total. The van der Waals surface area contributed by atoms with E-state index in [9.17, 15) is 9.59 Å². The number of likely N-dealkylation sites (tertiary alicyclic amines) is 1. The fourth-order valence-corrected chi connectivity index (χ4v) is 6.13. The summed E-state index contributed by atoms with van der Waals surface area (Å²) in [6.45, 7) is 0.902. The van der Waals surface area contributed by atoms with Crippen molar-refractivity contribution in [1.29, 1.82) is 0 Å². The van der Waals surface area contributed by atoms with Crippen LogP contribution in [-0.2, 0) is 7.05 Å². The summed E-state index contributed by atoms with van der Waals surface area (Å²) in [6, 6.07) is 13.1. The lowest BCUT2D eigenvalue weighted by molar-refractivity contribution is 0.0671. The third kappa shape index (κ3) is 5.03. The summed E-state index contributed by atoms with van der Waals surface area (Å²) in [7, 11) is 1.76. The van der Waals surface area contributed by atoms with Crippen LogP contribution in [0.2, 0.25) is 10.2 Å². The molecule has 1 aliphatic rings. The van der Waals surface area contributed by atoms with Crippen LogP contribution in [0.25, 0.3) is 11.0 Å². The van der Waals surface area contributed by atoms with E-state index in [1.807, 2.05) is 36.6 Å². The number of aromatic nitrogens is 4. The number of carbonyl (C=O) groups excluding carboxylic acids is 2. The minimum atomic E-state index is -0.270. The fourth-order valence-electron chi connectivity index (χ4n) is 4.83. The molecule has 0 radical (unpaired) electrons. The number of nitrogens with one attached hydrogen (secondary N) is 1. The molecule has 0 saturated carbocycles. The number of fused-ring (bicyclic) bond motifs is 1. The molecule has 1 fully saturated rings. The molecule has 2 atom stereocenters. The molecule has 1 N–H and O–H groups in total. The van der Waals surface area contributed by atoms with E-state index in [0.717, 1.165) is 5.56 Å². The van der Waals surface area contributed by atoms with Gasteiger partial charge in [0.1, 0.15) is 16.1 Å². The molecular weight excluding hydrogens is 531 g/mol. The molecule has 2 amide bonds. The number of nitrogens with zero attached hydrogens (tertiary/aromatic N) is 5. The van der Waals surface area contributed by atoms with Gasteiger partial charge < -0.3 is 10.2 Å². The first-order chi connectivity index (χ1) is 17.9. The zero-order valence-corrected chi connectivity index (χ0v) is 22.5. The minimum absolute atomic E-state index is 0.119. The summed E-state index contributed by atoms with van der Waals surface area (Å²) in [5, 5.41) is 8.63. The van der Waals surface area contributed by atoms with Crippen LogP contribution < -0.4 is 5.32 Å². The molecule has 0 spiro atoms. The molecule has 5 rings (SSSR count). The van der Waals surface area contributed by atoms with Crippen molar-refractivity contribution < 1.29 is 9.59 Å². The number of carbonyl (C=O) groups is 2. The van der Waals surface area contributed by atoms with Crippen LogP contribution in [0.15, 0.2) is 59.9 Å². The normalized spacial score (nSPS) is 17.7. The lowest BCUT2D eigenvalue weighted by atomic mass is 9.85. The molecule has 4 aromatic rings. The van der Waals surface area contributed by atoms with Gasteiger partial charge in [-0.05, 0) is 30.4 Å². The van der Waals surface area contributed by atoms with Gasteiger partial charge in [0.2, 0.25) is 0 Å². The number of aryl methyl sites for hydroxylation is 1. The maximum Gasteiger partial charge on any atom is 0.257 e. The second-order valence-corrected chi connectivity index (χ2v) is 10.4. The number of benzene rings is 2. The van der Waals surface area contributed by atoms with Gasteiger partial charge in [0, 0.05) is 50.1 Å². The van der Waals surface area contributed by atoms with E-state index < -0.39 is 0 Å². The number of piperidine rings is 1. The number of rotatable bonds is 5. The highest BCUT2D eigenvalue weighted by Gasteiger charge is 2.35. The SMILES string of the molecule is CSc1c(C(=O)N[C@@H]2CCN(C(=O)c3cc(Cl)c4nccnc4c3)C[C@@H]2c2ccccc2)c(Cl)nn1C. The first-order valence-electron chi connectivity index (χ1n) is 11.7. The van der Waals surface area contributed by atoms with Gasteiger partial charge in [0.15, 0.2) is 5.15 Å². The van der Waals surface area contributed by atoms with Crippen molar-refractivity contribution in [2.24, 2.45) is 7.05 Å². The molecule has 0 aliphatic carbocycles. The summed E-state index contributed by atoms with van der Waals surface area (Å²) in [4.78, 5) is 37.2. The fraction of sp³-hybridized carbons (Fsp3) is 0.269.